The Morgan fingerprint density at radius 3 is 2.55 bits per heavy atom. The zero-order chi connectivity index (χ0) is 21.8. The summed E-state index contributed by atoms with van der Waals surface area (Å²) in [7, 11) is 0.190. The van der Waals surface area contributed by atoms with Crippen LogP contribution in [0, 0.1) is 0 Å². The van der Waals surface area contributed by atoms with Gasteiger partial charge >= 0.3 is 0 Å². The summed E-state index contributed by atoms with van der Waals surface area (Å²) in [6, 6.07) is 16.0. The number of amidine groups is 1. The monoisotopic (exact) mass is 460 g/mol. The van der Waals surface area contributed by atoms with Gasteiger partial charge in [-0.25, -0.2) is 8.42 Å². The van der Waals surface area contributed by atoms with E-state index >= 15 is 0 Å². The molecule has 2 aliphatic heterocycles. The molecule has 2 heterocycles. The number of fused-ring (bicyclic) bond motifs is 1. The first-order chi connectivity index (χ1) is 15.0. The summed E-state index contributed by atoms with van der Waals surface area (Å²) in [4.78, 5) is 6.98. The number of methoxy groups -OCH3 is 2. The van der Waals surface area contributed by atoms with E-state index in [9.17, 15) is 8.42 Å². The minimum atomic E-state index is -3.04. The molecule has 0 aliphatic carbocycles. The molecular weight excluding hydrogens is 432 g/mol. The van der Waals surface area contributed by atoms with Crippen LogP contribution in [0.4, 0.5) is 0 Å². The number of thioether (sulfide) groups is 1. The molecule has 8 heteroatoms. The minimum absolute atomic E-state index is 0.0882. The van der Waals surface area contributed by atoms with Gasteiger partial charge < -0.3 is 14.4 Å². The van der Waals surface area contributed by atoms with E-state index in [4.69, 9.17) is 14.5 Å². The Morgan fingerprint density at radius 2 is 1.81 bits per heavy atom. The summed E-state index contributed by atoms with van der Waals surface area (Å²) >= 11 is 1.73. The lowest BCUT2D eigenvalue weighted by atomic mass is 10.1. The van der Waals surface area contributed by atoms with Crippen LogP contribution in [-0.4, -0.2) is 62.0 Å². The van der Waals surface area contributed by atoms with E-state index in [1.807, 2.05) is 24.3 Å². The van der Waals surface area contributed by atoms with E-state index < -0.39 is 9.84 Å². The van der Waals surface area contributed by atoms with Gasteiger partial charge in [0, 0.05) is 12.3 Å². The second-order valence-corrected chi connectivity index (χ2v) is 11.1. The van der Waals surface area contributed by atoms with Gasteiger partial charge in [0.25, 0.3) is 0 Å². The molecule has 2 atom stereocenters. The molecule has 2 aromatic carbocycles. The SMILES string of the molecule is COc1ccc(CN2C(SCCCc3ccccc3)=N[C@@H]3CS(=O)(=O)C[C@@H]32)cc1OC. The molecule has 0 amide bonds. The van der Waals surface area contributed by atoms with E-state index in [0.29, 0.717) is 18.0 Å². The summed E-state index contributed by atoms with van der Waals surface area (Å²) in [5, 5.41) is 0.952. The molecule has 1 fully saturated rings. The highest BCUT2D eigenvalue weighted by Gasteiger charge is 2.46. The number of benzene rings is 2. The third kappa shape index (κ3) is 5.18. The van der Waals surface area contributed by atoms with Crippen LogP contribution < -0.4 is 9.47 Å². The van der Waals surface area contributed by atoms with Crippen LogP contribution in [0.5, 0.6) is 11.5 Å². The third-order valence-electron chi connectivity index (χ3n) is 5.70. The van der Waals surface area contributed by atoms with Crippen LogP contribution >= 0.6 is 11.8 Å². The van der Waals surface area contributed by atoms with Gasteiger partial charge in [-0.2, -0.15) is 0 Å². The lowest BCUT2D eigenvalue weighted by Gasteiger charge is -2.26. The Bertz CT molecular complexity index is 1040. The normalized spacial score (nSPS) is 21.6. The van der Waals surface area contributed by atoms with Crippen LogP contribution in [0.15, 0.2) is 53.5 Å². The van der Waals surface area contributed by atoms with Crippen molar-refractivity contribution in [1.82, 2.24) is 4.90 Å². The summed E-state index contributed by atoms with van der Waals surface area (Å²) < 4.78 is 35.2. The predicted molar refractivity (Wildman–Crippen MR) is 126 cm³/mol. The van der Waals surface area contributed by atoms with Crippen molar-refractivity contribution in [1.29, 1.82) is 0 Å². The quantitative estimate of drug-likeness (QED) is 0.563. The predicted octanol–water partition coefficient (Wildman–Crippen LogP) is 3.41. The first-order valence-electron chi connectivity index (χ1n) is 10.4. The first kappa shape index (κ1) is 22.0. The van der Waals surface area contributed by atoms with Gasteiger partial charge in [-0.15, -0.1) is 0 Å². The lowest BCUT2D eigenvalue weighted by Crippen LogP contribution is -2.38. The third-order valence-corrected chi connectivity index (χ3v) is 8.49. The highest BCUT2D eigenvalue weighted by molar-refractivity contribution is 8.13. The molecule has 166 valence electrons. The van der Waals surface area contributed by atoms with Crippen molar-refractivity contribution in [2.24, 2.45) is 4.99 Å². The smallest absolute Gasteiger partial charge is 0.161 e. The molecule has 31 heavy (non-hydrogen) atoms. The molecule has 0 radical (unpaired) electrons. The fraction of sp³-hybridized carbons (Fsp3) is 0.435. The molecule has 1 saturated heterocycles. The van der Waals surface area contributed by atoms with Crippen molar-refractivity contribution in [2.45, 2.75) is 31.5 Å². The number of nitrogens with zero attached hydrogens (tertiary/aromatic N) is 2. The van der Waals surface area contributed by atoms with Crippen LogP contribution in [0.1, 0.15) is 17.5 Å². The van der Waals surface area contributed by atoms with E-state index in [0.717, 1.165) is 29.3 Å². The molecule has 0 bridgehead atoms. The highest BCUT2D eigenvalue weighted by Crippen LogP contribution is 2.34. The second-order valence-electron chi connectivity index (χ2n) is 7.88. The van der Waals surface area contributed by atoms with E-state index in [1.54, 1.807) is 26.0 Å². The fourth-order valence-electron chi connectivity index (χ4n) is 4.15. The maximum atomic E-state index is 12.2. The molecule has 2 aromatic rings. The maximum Gasteiger partial charge on any atom is 0.161 e. The highest BCUT2D eigenvalue weighted by atomic mass is 32.2. The van der Waals surface area contributed by atoms with E-state index in [2.05, 4.69) is 29.2 Å². The van der Waals surface area contributed by atoms with Crippen LogP contribution in [-0.2, 0) is 22.8 Å². The molecule has 0 spiro atoms. The zero-order valence-corrected chi connectivity index (χ0v) is 19.5. The summed E-state index contributed by atoms with van der Waals surface area (Å²) in [6.45, 7) is 0.599. The van der Waals surface area contributed by atoms with Gasteiger partial charge in [0.2, 0.25) is 0 Å². The summed E-state index contributed by atoms with van der Waals surface area (Å²) in [5.41, 5.74) is 2.38. The Morgan fingerprint density at radius 1 is 1.03 bits per heavy atom. The van der Waals surface area contributed by atoms with Crippen molar-refractivity contribution >= 4 is 26.8 Å². The zero-order valence-electron chi connectivity index (χ0n) is 17.9. The van der Waals surface area contributed by atoms with Crippen LogP contribution in [0.25, 0.3) is 0 Å². The van der Waals surface area contributed by atoms with E-state index in [-0.39, 0.29) is 23.6 Å². The maximum absolute atomic E-state index is 12.2. The fourth-order valence-corrected chi connectivity index (χ4v) is 7.08. The minimum Gasteiger partial charge on any atom is -0.493 e. The summed E-state index contributed by atoms with van der Waals surface area (Å²) in [5.74, 6) is 2.61. The molecule has 6 nitrogen and oxygen atoms in total. The van der Waals surface area contributed by atoms with Gasteiger partial charge in [0.1, 0.15) is 0 Å². The van der Waals surface area contributed by atoms with Gasteiger partial charge in [-0.3, -0.25) is 4.99 Å². The lowest BCUT2D eigenvalue weighted by molar-refractivity contribution is 0.337. The van der Waals surface area contributed by atoms with Gasteiger partial charge in [-0.05, 0) is 36.1 Å². The van der Waals surface area contributed by atoms with E-state index in [1.165, 1.54) is 5.56 Å². The van der Waals surface area contributed by atoms with Gasteiger partial charge in [-0.1, -0.05) is 48.2 Å². The standard InChI is InChI=1S/C23H28N2O4S2/c1-28-21-11-10-18(13-22(21)29-2)14-25-20-16-31(26,27)15-19(20)24-23(25)30-12-6-9-17-7-4-3-5-8-17/h3-5,7-8,10-11,13,19-20H,6,9,12,14-16H2,1-2H3/t19-,20+/m1/s1. The number of hydrogen-bond donors (Lipinski definition) is 0. The molecule has 4 rings (SSSR count). The van der Waals surface area contributed by atoms with Crippen molar-refractivity contribution < 1.29 is 17.9 Å². The number of rotatable bonds is 8. The van der Waals surface area contributed by atoms with Crippen LogP contribution in [0.2, 0.25) is 0 Å². The Labute approximate surface area is 188 Å². The Hall–Kier alpha value is -2.19. The Balaban J connectivity index is 1.45. The topological polar surface area (TPSA) is 68.2 Å². The number of aliphatic imine (C=N–C) groups is 1. The Kier molecular flexibility index (Phi) is 6.77. The van der Waals surface area contributed by atoms with Crippen molar-refractivity contribution in [3.8, 4) is 11.5 Å². The second kappa shape index (κ2) is 9.53. The van der Waals surface area contributed by atoms with Crippen molar-refractivity contribution in [2.75, 3.05) is 31.5 Å². The van der Waals surface area contributed by atoms with Crippen molar-refractivity contribution in [3.63, 3.8) is 0 Å². The molecular formula is C23H28N2O4S2. The first-order valence-corrected chi connectivity index (χ1v) is 13.2. The largest absolute Gasteiger partial charge is 0.493 e. The molecule has 2 aliphatic rings. The number of sulfone groups is 1. The van der Waals surface area contributed by atoms with Crippen molar-refractivity contribution in [3.05, 3.63) is 59.7 Å². The molecule has 0 aromatic heterocycles. The molecule has 0 saturated carbocycles. The number of aryl methyl sites for hydroxylation is 1. The summed E-state index contributed by atoms with van der Waals surface area (Å²) in [6.07, 6.45) is 2.07. The molecule has 0 unspecified atom stereocenters. The van der Waals surface area contributed by atoms with Gasteiger partial charge in [0.15, 0.2) is 26.5 Å². The van der Waals surface area contributed by atoms with Gasteiger partial charge in [0.05, 0.1) is 37.8 Å². The average Bonchev–Trinajstić information content (AvgIpc) is 3.23. The molecule has 0 N–H and O–H groups in total. The average molecular weight is 461 g/mol. The number of ether oxygens (including phenoxy) is 2. The number of hydrogen-bond acceptors (Lipinski definition) is 7. The van der Waals surface area contributed by atoms with Crippen LogP contribution in [0.3, 0.4) is 0 Å².